The van der Waals surface area contributed by atoms with E-state index in [1.165, 1.54) is 24.8 Å². The Morgan fingerprint density at radius 2 is 2.12 bits per heavy atom. The molecule has 0 saturated carbocycles. The van der Waals surface area contributed by atoms with Crippen LogP contribution in [0.2, 0.25) is 0 Å². The highest BCUT2D eigenvalue weighted by Gasteiger charge is 2.15. The third kappa shape index (κ3) is 5.34. The number of rotatable bonds is 2. The van der Waals surface area contributed by atoms with Gasteiger partial charge in [0, 0.05) is 6.42 Å². The van der Waals surface area contributed by atoms with E-state index in [0.29, 0.717) is 12.3 Å². The van der Waals surface area contributed by atoms with Gasteiger partial charge in [-0.2, -0.15) is 0 Å². The lowest BCUT2D eigenvalue weighted by Crippen LogP contribution is -2.10. The van der Waals surface area contributed by atoms with Crippen molar-refractivity contribution in [2.75, 3.05) is 0 Å². The number of carbonyl (C=O) groups is 1. The monoisotopic (exact) mass is 224 g/mol. The molecule has 92 valence electrons. The summed E-state index contributed by atoms with van der Waals surface area (Å²) in [7, 11) is 0. The molecule has 0 aromatic carbocycles. The van der Waals surface area contributed by atoms with Gasteiger partial charge in [-0.3, -0.25) is 4.79 Å². The normalized spacial score (nSPS) is 31.5. The molecule has 16 heavy (non-hydrogen) atoms. The van der Waals surface area contributed by atoms with Crippen LogP contribution in [0, 0.1) is 11.8 Å². The van der Waals surface area contributed by atoms with Gasteiger partial charge in [0.2, 0.25) is 0 Å². The SMILES string of the molecule is C/C1=C/CCC(C)CCC(CC(=O)O)CC1. The fourth-order valence-corrected chi connectivity index (χ4v) is 2.41. The summed E-state index contributed by atoms with van der Waals surface area (Å²) in [5.41, 5.74) is 1.43. The lowest BCUT2D eigenvalue weighted by Gasteiger charge is -2.19. The summed E-state index contributed by atoms with van der Waals surface area (Å²) < 4.78 is 0. The Balaban J connectivity index is 2.54. The highest BCUT2D eigenvalue weighted by Crippen LogP contribution is 2.26. The number of hydrogen-bond donors (Lipinski definition) is 1. The molecule has 1 aliphatic carbocycles. The Hall–Kier alpha value is -0.790. The molecule has 0 amide bonds. The van der Waals surface area contributed by atoms with Gasteiger partial charge >= 0.3 is 5.97 Å². The number of aliphatic carboxylic acids is 1. The second-order valence-corrected chi connectivity index (χ2v) is 5.31. The van der Waals surface area contributed by atoms with Gasteiger partial charge in [0.1, 0.15) is 0 Å². The fourth-order valence-electron chi connectivity index (χ4n) is 2.41. The number of carboxylic acids is 1. The van der Waals surface area contributed by atoms with E-state index in [4.69, 9.17) is 5.11 Å². The van der Waals surface area contributed by atoms with E-state index >= 15 is 0 Å². The molecule has 0 heterocycles. The zero-order chi connectivity index (χ0) is 12.0. The predicted molar refractivity (Wildman–Crippen MR) is 66.4 cm³/mol. The van der Waals surface area contributed by atoms with Crippen LogP contribution in [0.3, 0.4) is 0 Å². The highest BCUT2D eigenvalue weighted by atomic mass is 16.4. The average molecular weight is 224 g/mol. The van der Waals surface area contributed by atoms with Crippen molar-refractivity contribution in [2.24, 2.45) is 11.8 Å². The van der Waals surface area contributed by atoms with Gasteiger partial charge in [-0.15, -0.1) is 0 Å². The summed E-state index contributed by atoms with van der Waals surface area (Å²) in [6.07, 6.45) is 9.51. The third-order valence-electron chi connectivity index (χ3n) is 3.63. The molecule has 0 bridgehead atoms. The summed E-state index contributed by atoms with van der Waals surface area (Å²) >= 11 is 0. The number of allylic oxidation sites excluding steroid dienone is 2. The van der Waals surface area contributed by atoms with Crippen LogP contribution in [0.4, 0.5) is 0 Å². The molecule has 0 aliphatic heterocycles. The molecule has 2 unspecified atom stereocenters. The Labute approximate surface area is 98.7 Å². The lowest BCUT2D eigenvalue weighted by molar-refractivity contribution is -0.138. The van der Waals surface area contributed by atoms with Gasteiger partial charge in [0.25, 0.3) is 0 Å². The minimum Gasteiger partial charge on any atom is -0.481 e. The van der Waals surface area contributed by atoms with Crippen molar-refractivity contribution in [3.8, 4) is 0 Å². The highest BCUT2D eigenvalue weighted by molar-refractivity contribution is 5.66. The van der Waals surface area contributed by atoms with Crippen LogP contribution in [0.5, 0.6) is 0 Å². The maximum Gasteiger partial charge on any atom is 0.303 e. The minimum absolute atomic E-state index is 0.347. The van der Waals surface area contributed by atoms with Crippen LogP contribution in [0.15, 0.2) is 11.6 Å². The van der Waals surface area contributed by atoms with Crippen LogP contribution >= 0.6 is 0 Å². The Morgan fingerprint density at radius 1 is 1.38 bits per heavy atom. The van der Waals surface area contributed by atoms with E-state index < -0.39 is 5.97 Å². The summed E-state index contributed by atoms with van der Waals surface area (Å²) in [6, 6.07) is 0. The molecular formula is C14H24O2. The van der Waals surface area contributed by atoms with Crippen LogP contribution < -0.4 is 0 Å². The quantitative estimate of drug-likeness (QED) is 0.719. The summed E-state index contributed by atoms with van der Waals surface area (Å²) in [5.74, 6) is 0.469. The molecular weight excluding hydrogens is 200 g/mol. The molecule has 0 spiro atoms. The van der Waals surface area contributed by atoms with Crippen LogP contribution in [0.1, 0.15) is 58.8 Å². The molecule has 2 nitrogen and oxygen atoms in total. The van der Waals surface area contributed by atoms with E-state index in [9.17, 15) is 4.79 Å². The first-order valence-corrected chi connectivity index (χ1v) is 6.45. The lowest BCUT2D eigenvalue weighted by atomic mass is 9.86. The van der Waals surface area contributed by atoms with Gasteiger partial charge in [0.05, 0.1) is 0 Å². The molecule has 0 saturated heterocycles. The molecule has 1 aliphatic rings. The molecule has 1 N–H and O–H groups in total. The van der Waals surface area contributed by atoms with Gasteiger partial charge in [-0.1, -0.05) is 25.0 Å². The molecule has 0 radical (unpaired) electrons. The minimum atomic E-state index is -0.642. The molecule has 2 heteroatoms. The number of carboxylic acid groups (broad SMARTS) is 1. The number of hydrogen-bond acceptors (Lipinski definition) is 1. The maximum absolute atomic E-state index is 10.8. The average Bonchev–Trinajstić information content (AvgIpc) is 2.21. The first-order valence-electron chi connectivity index (χ1n) is 6.45. The standard InChI is InChI=1S/C14H24O2/c1-11-4-3-5-12(2)7-9-13(8-6-11)10-14(15)16/h4,12-13H,3,5-10H2,1-2H3,(H,15,16)/b11-4-. The topological polar surface area (TPSA) is 37.3 Å². The van der Waals surface area contributed by atoms with Crippen molar-refractivity contribution in [2.45, 2.75) is 58.8 Å². The Bertz CT molecular complexity index is 255. The third-order valence-corrected chi connectivity index (χ3v) is 3.63. The van der Waals surface area contributed by atoms with Gasteiger partial charge < -0.3 is 5.11 Å². The van der Waals surface area contributed by atoms with Crippen molar-refractivity contribution in [1.29, 1.82) is 0 Å². The van der Waals surface area contributed by atoms with Crippen molar-refractivity contribution >= 4 is 5.97 Å². The molecule has 0 aromatic rings. The van der Waals surface area contributed by atoms with Crippen LogP contribution in [0.25, 0.3) is 0 Å². The molecule has 2 atom stereocenters. The van der Waals surface area contributed by atoms with Gasteiger partial charge in [-0.25, -0.2) is 0 Å². The van der Waals surface area contributed by atoms with Gasteiger partial charge in [0.15, 0.2) is 0 Å². The van der Waals surface area contributed by atoms with E-state index in [0.717, 1.165) is 25.2 Å². The van der Waals surface area contributed by atoms with E-state index in [2.05, 4.69) is 19.9 Å². The van der Waals surface area contributed by atoms with Crippen LogP contribution in [-0.4, -0.2) is 11.1 Å². The second kappa shape index (κ2) is 6.72. The zero-order valence-electron chi connectivity index (χ0n) is 10.5. The largest absolute Gasteiger partial charge is 0.481 e. The van der Waals surface area contributed by atoms with Crippen LogP contribution in [-0.2, 0) is 4.79 Å². The molecule has 0 aromatic heterocycles. The zero-order valence-corrected chi connectivity index (χ0v) is 10.5. The second-order valence-electron chi connectivity index (χ2n) is 5.31. The van der Waals surface area contributed by atoms with Crippen molar-refractivity contribution in [1.82, 2.24) is 0 Å². The van der Waals surface area contributed by atoms with E-state index in [1.807, 2.05) is 0 Å². The Kier molecular flexibility index (Phi) is 5.58. The first kappa shape index (κ1) is 13.3. The van der Waals surface area contributed by atoms with Crippen molar-refractivity contribution in [3.63, 3.8) is 0 Å². The predicted octanol–water partition coefficient (Wildman–Crippen LogP) is 4.01. The Morgan fingerprint density at radius 3 is 2.81 bits per heavy atom. The summed E-state index contributed by atoms with van der Waals surface area (Å²) in [4.78, 5) is 10.8. The van der Waals surface area contributed by atoms with Crippen molar-refractivity contribution in [3.05, 3.63) is 11.6 Å². The maximum atomic E-state index is 10.8. The van der Waals surface area contributed by atoms with Crippen molar-refractivity contribution < 1.29 is 9.90 Å². The summed E-state index contributed by atoms with van der Waals surface area (Å²) in [6.45, 7) is 4.45. The van der Waals surface area contributed by atoms with Gasteiger partial charge in [-0.05, 0) is 50.9 Å². The smallest absolute Gasteiger partial charge is 0.303 e. The first-order chi connectivity index (χ1) is 7.58. The fraction of sp³-hybridized carbons (Fsp3) is 0.786. The summed E-state index contributed by atoms with van der Waals surface area (Å²) in [5, 5.41) is 8.87. The van der Waals surface area contributed by atoms with E-state index in [1.54, 1.807) is 0 Å². The van der Waals surface area contributed by atoms with E-state index in [-0.39, 0.29) is 0 Å². The molecule has 1 rings (SSSR count). The molecule has 0 fully saturated rings.